The zero-order valence-corrected chi connectivity index (χ0v) is 9.38. The highest BCUT2D eigenvalue weighted by atomic mass is 35.5. The Morgan fingerprint density at radius 3 is 2.87 bits per heavy atom. The Labute approximate surface area is 94.8 Å². The smallest absolute Gasteiger partial charge is 0.329 e. The summed E-state index contributed by atoms with van der Waals surface area (Å²) in [6, 6.07) is 2.77. The lowest BCUT2D eigenvalue weighted by Crippen LogP contribution is -2.09. The van der Waals surface area contributed by atoms with Crippen LogP contribution in [0.4, 0.5) is 5.00 Å². The summed E-state index contributed by atoms with van der Waals surface area (Å²) in [6.07, 6.45) is 0. The van der Waals surface area contributed by atoms with Crippen LogP contribution in [0.25, 0.3) is 0 Å². The number of esters is 1. The molecule has 0 aliphatic heterocycles. The van der Waals surface area contributed by atoms with Crippen molar-refractivity contribution in [1.29, 1.82) is 0 Å². The first-order valence-electron chi connectivity index (χ1n) is 4.11. The Hall–Kier alpha value is -1.14. The van der Waals surface area contributed by atoms with Crippen molar-refractivity contribution in [2.24, 2.45) is 0 Å². The number of alkyl halides is 1. The fraction of sp³-hybridized carbons (Fsp3) is 0.375. The summed E-state index contributed by atoms with van der Waals surface area (Å²) in [5.41, 5.74) is 0. The summed E-state index contributed by atoms with van der Waals surface area (Å²) < 4.78 is 4.69. The van der Waals surface area contributed by atoms with Crippen molar-refractivity contribution in [2.45, 2.75) is 12.3 Å². The third-order valence-corrected chi connectivity index (χ3v) is 3.18. The van der Waals surface area contributed by atoms with E-state index in [0.29, 0.717) is 4.88 Å². The fourth-order valence-corrected chi connectivity index (χ4v) is 1.97. The van der Waals surface area contributed by atoms with Crippen molar-refractivity contribution in [3.63, 3.8) is 0 Å². The molecule has 82 valence electrons. The molecular formula is C8H8ClNO4S. The van der Waals surface area contributed by atoms with Crippen LogP contribution in [-0.4, -0.2) is 17.5 Å². The van der Waals surface area contributed by atoms with Crippen molar-refractivity contribution in [3.05, 3.63) is 27.1 Å². The number of thiophene rings is 1. The maximum absolute atomic E-state index is 11.2. The van der Waals surface area contributed by atoms with Crippen LogP contribution in [0.2, 0.25) is 0 Å². The van der Waals surface area contributed by atoms with Crippen molar-refractivity contribution < 1.29 is 14.5 Å². The van der Waals surface area contributed by atoms with Gasteiger partial charge in [0.1, 0.15) is 0 Å². The third-order valence-electron chi connectivity index (χ3n) is 1.54. The molecule has 1 heterocycles. The first-order valence-corrected chi connectivity index (χ1v) is 5.36. The maximum Gasteiger partial charge on any atom is 0.329 e. The van der Waals surface area contributed by atoms with Crippen LogP contribution in [0, 0.1) is 10.1 Å². The van der Waals surface area contributed by atoms with E-state index in [1.165, 1.54) is 12.1 Å². The van der Waals surface area contributed by atoms with E-state index in [1.54, 1.807) is 6.92 Å². The second kappa shape index (κ2) is 5.09. The molecule has 0 aliphatic carbocycles. The molecule has 0 bridgehead atoms. The van der Waals surface area contributed by atoms with Gasteiger partial charge < -0.3 is 4.74 Å². The van der Waals surface area contributed by atoms with Gasteiger partial charge in [-0.15, -0.1) is 11.6 Å². The van der Waals surface area contributed by atoms with Gasteiger partial charge in [-0.25, -0.2) is 0 Å². The number of carbonyl (C=O) groups excluding carboxylic acids is 1. The second-order valence-electron chi connectivity index (χ2n) is 2.55. The topological polar surface area (TPSA) is 69.4 Å². The summed E-state index contributed by atoms with van der Waals surface area (Å²) in [7, 11) is 0. The van der Waals surface area contributed by atoms with E-state index in [0.717, 1.165) is 11.3 Å². The zero-order chi connectivity index (χ0) is 11.4. The van der Waals surface area contributed by atoms with Crippen LogP contribution in [0.5, 0.6) is 0 Å². The first-order chi connectivity index (χ1) is 7.06. The number of nitro groups is 1. The van der Waals surface area contributed by atoms with E-state index in [4.69, 9.17) is 16.3 Å². The predicted octanol–water partition coefficient (Wildman–Crippen LogP) is 2.50. The van der Waals surface area contributed by atoms with E-state index < -0.39 is 16.3 Å². The highest BCUT2D eigenvalue weighted by Gasteiger charge is 2.23. The molecule has 1 aromatic heterocycles. The molecule has 1 atom stereocenters. The van der Waals surface area contributed by atoms with Crippen LogP contribution >= 0.6 is 22.9 Å². The molecule has 7 heteroatoms. The quantitative estimate of drug-likeness (QED) is 0.356. The fourth-order valence-electron chi connectivity index (χ4n) is 0.908. The van der Waals surface area contributed by atoms with Gasteiger partial charge in [-0.3, -0.25) is 14.9 Å². The molecule has 0 fully saturated rings. The highest BCUT2D eigenvalue weighted by Crippen LogP contribution is 2.32. The molecule has 0 N–H and O–H groups in total. The molecule has 0 amide bonds. The van der Waals surface area contributed by atoms with E-state index in [9.17, 15) is 14.9 Å². The molecule has 0 saturated heterocycles. The molecule has 1 aromatic rings. The SMILES string of the molecule is CCOC(=O)C(Cl)c1ccc([N+](=O)[O-])s1. The third kappa shape index (κ3) is 2.90. The van der Waals surface area contributed by atoms with Crippen LogP contribution in [0.3, 0.4) is 0 Å². The van der Waals surface area contributed by atoms with Gasteiger partial charge in [-0.1, -0.05) is 11.3 Å². The molecular weight excluding hydrogens is 242 g/mol. The van der Waals surface area contributed by atoms with E-state index in [-0.39, 0.29) is 11.6 Å². The number of nitrogens with zero attached hydrogens (tertiary/aromatic N) is 1. The normalized spacial score (nSPS) is 12.1. The lowest BCUT2D eigenvalue weighted by molar-refractivity contribution is -0.380. The maximum atomic E-state index is 11.2. The molecule has 1 rings (SSSR count). The van der Waals surface area contributed by atoms with Gasteiger partial charge >= 0.3 is 11.0 Å². The number of carbonyl (C=O) groups is 1. The van der Waals surface area contributed by atoms with Gasteiger partial charge in [-0.2, -0.15) is 0 Å². The molecule has 0 spiro atoms. The molecule has 0 aromatic carbocycles. The lowest BCUT2D eigenvalue weighted by atomic mass is 10.3. The standard InChI is InChI=1S/C8H8ClNO4S/c1-2-14-8(11)7(9)5-3-4-6(15-5)10(12)13/h3-4,7H,2H2,1H3. The van der Waals surface area contributed by atoms with Crippen molar-refractivity contribution in [3.8, 4) is 0 Å². The molecule has 15 heavy (non-hydrogen) atoms. The van der Waals surface area contributed by atoms with E-state index >= 15 is 0 Å². The van der Waals surface area contributed by atoms with Crippen LogP contribution < -0.4 is 0 Å². The molecule has 0 aliphatic rings. The van der Waals surface area contributed by atoms with Gasteiger partial charge in [-0.05, 0) is 13.0 Å². The Balaban J connectivity index is 2.78. The summed E-state index contributed by atoms with van der Waals surface area (Å²) in [5.74, 6) is -0.587. The monoisotopic (exact) mass is 249 g/mol. The van der Waals surface area contributed by atoms with Gasteiger partial charge in [0, 0.05) is 10.9 Å². The first kappa shape index (κ1) is 11.9. The Kier molecular flexibility index (Phi) is 4.05. The van der Waals surface area contributed by atoms with Crippen molar-refractivity contribution in [1.82, 2.24) is 0 Å². The van der Waals surface area contributed by atoms with Crippen LogP contribution in [0.1, 0.15) is 17.2 Å². The second-order valence-corrected chi connectivity index (χ2v) is 4.08. The minimum atomic E-state index is -0.969. The number of hydrogen-bond acceptors (Lipinski definition) is 5. The summed E-state index contributed by atoms with van der Waals surface area (Å²) >= 11 is 6.64. The zero-order valence-electron chi connectivity index (χ0n) is 7.81. The van der Waals surface area contributed by atoms with E-state index in [1.807, 2.05) is 0 Å². The summed E-state index contributed by atoms with van der Waals surface area (Å²) in [6.45, 7) is 1.90. The predicted molar refractivity (Wildman–Crippen MR) is 56.2 cm³/mol. The minimum Gasteiger partial charge on any atom is -0.465 e. The number of halogens is 1. The average Bonchev–Trinajstić information content (AvgIpc) is 2.65. The number of hydrogen-bond donors (Lipinski definition) is 0. The van der Waals surface area contributed by atoms with Crippen LogP contribution in [0.15, 0.2) is 12.1 Å². The van der Waals surface area contributed by atoms with E-state index in [2.05, 4.69) is 0 Å². The van der Waals surface area contributed by atoms with Gasteiger partial charge in [0.25, 0.3) is 0 Å². The number of ether oxygens (including phenoxy) is 1. The Morgan fingerprint density at radius 1 is 1.73 bits per heavy atom. The Bertz CT molecular complexity index is 378. The van der Waals surface area contributed by atoms with Crippen molar-refractivity contribution >= 4 is 33.9 Å². The van der Waals surface area contributed by atoms with Crippen LogP contribution in [-0.2, 0) is 9.53 Å². The van der Waals surface area contributed by atoms with Crippen molar-refractivity contribution in [2.75, 3.05) is 6.61 Å². The highest BCUT2D eigenvalue weighted by molar-refractivity contribution is 7.15. The minimum absolute atomic E-state index is 0.0417. The van der Waals surface area contributed by atoms with Gasteiger partial charge in [0.2, 0.25) is 0 Å². The summed E-state index contributed by atoms with van der Waals surface area (Å²) in [4.78, 5) is 21.5. The lowest BCUT2D eigenvalue weighted by Gasteiger charge is -2.04. The number of rotatable bonds is 4. The molecule has 1 unspecified atom stereocenters. The largest absolute Gasteiger partial charge is 0.465 e. The summed E-state index contributed by atoms with van der Waals surface area (Å²) in [5, 5.41) is 9.38. The average molecular weight is 250 g/mol. The van der Waals surface area contributed by atoms with Gasteiger partial charge in [0.15, 0.2) is 5.38 Å². The Morgan fingerprint density at radius 2 is 2.40 bits per heavy atom. The molecule has 5 nitrogen and oxygen atoms in total. The van der Waals surface area contributed by atoms with Gasteiger partial charge in [0.05, 0.1) is 11.5 Å². The molecule has 0 radical (unpaired) electrons. The molecule has 0 saturated carbocycles.